The van der Waals surface area contributed by atoms with E-state index < -0.39 is 0 Å². The quantitative estimate of drug-likeness (QED) is 0.890. The summed E-state index contributed by atoms with van der Waals surface area (Å²) in [5.41, 5.74) is 0. The van der Waals surface area contributed by atoms with Gasteiger partial charge in [-0.1, -0.05) is 22.9 Å². The Balaban J connectivity index is 2.88. The van der Waals surface area contributed by atoms with Gasteiger partial charge >= 0.3 is 0 Å². The van der Waals surface area contributed by atoms with Crippen molar-refractivity contribution in [3.63, 3.8) is 0 Å². The molecule has 1 rings (SSSR count). The maximum absolute atomic E-state index is 10.9. The van der Waals surface area contributed by atoms with Crippen molar-refractivity contribution in [2.45, 2.75) is 20.8 Å². The normalized spacial score (nSPS) is 10.1. The van der Waals surface area contributed by atoms with E-state index in [2.05, 4.69) is 29.0 Å². The highest BCUT2D eigenvalue weighted by Gasteiger charge is 2.13. The van der Waals surface area contributed by atoms with E-state index in [9.17, 15) is 4.79 Å². The van der Waals surface area contributed by atoms with Gasteiger partial charge < -0.3 is 10.2 Å². The molecule has 0 aliphatic carbocycles. The van der Waals surface area contributed by atoms with Crippen molar-refractivity contribution in [1.82, 2.24) is 4.98 Å². The van der Waals surface area contributed by atoms with Crippen LogP contribution in [0, 0.1) is 0 Å². The Hall–Kier alpha value is -0.810. The second-order valence-corrected chi connectivity index (χ2v) is 4.55. The lowest BCUT2D eigenvalue weighted by atomic mass is 10.6. The smallest absolute Gasteiger partial charge is 0.222 e. The highest BCUT2D eigenvalue weighted by atomic mass is 35.5. The van der Waals surface area contributed by atoms with E-state index in [1.165, 1.54) is 18.3 Å². The molecule has 6 heteroatoms. The van der Waals surface area contributed by atoms with Crippen molar-refractivity contribution < 1.29 is 4.79 Å². The zero-order chi connectivity index (χ0) is 11.4. The van der Waals surface area contributed by atoms with E-state index >= 15 is 0 Å². The summed E-state index contributed by atoms with van der Waals surface area (Å²) in [5, 5.41) is 3.44. The number of halogens is 1. The van der Waals surface area contributed by atoms with E-state index in [1.54, 1.807) is 0 Å². The van der Waals surface area contributed by atoms with Crippen LogP contribution in [0.2, 0.25) is 4.34 Å². The van der Waals surface area contributed by atoms with Crippen LogP contribution in [-0.2, 0) is 4.79 Å². The van der Waals surface area contributed by atoms with Gasteiger partial charge in [-0.15, -0.1) is 0 Å². The van der Waals surface area contributed by atoms with E-state index in [0.717, 1.165) is 18.2 Å². The lowest BCUT2D eigenvalue weighted by molar-refractivity contribution is -0.114. The molecular weight excluding hydrogens is 234 g/mol. The fraction of sp³-hybridized carbons (Fsp3) is 0.556. The number of hydrogen-bond donors (Lipinski definition) is 1. The van der Waals surface area contributed by atoms with Crippen LogP contribution in [0.15, 0.2) is 0 Å². The summed E-state index contributed by atoms with van der Waals surface area (Å²) in [6.07, 6.45) is 0. The molecule has 15 heavy (non-hydrogen) atoms. The maximum atomic E-state index is 10.9. The monoisotopic (exact) mass is 247 g/mol. The summed E-state index contributed by atoms with van der Waals surface area (Å²) in [6, 6.07) is 0. The Morgan fingerprint density at radius 2 is 2.13 bits per heavy atom. The van der Waals surface area contributed by atoms with Gasteiger partial charge in [0, 0.05) is 20.0 Å². The first-order valence-electron chi connectivity index (χ1n) is 4.77. The van der Waals surface area contributed by atoms with Gasteiger partial charge in [0.15, 0.2) is 10.9 Å². The molecule has 1 aromatic rings. The SMILES string of the molecule is CCN(CC)c1nc(NC(C)=O)c(Cl)s1. The number of rotatable bonds is 4. The molecule has 0 aliphatic rings. The van der Waals surface area contributed by atoms with Crippen molar-refractivity contribution in [1.29, 1.82) is 0 Å². The number of aromatic nitrogens is 1. The number of carbonyl (C=O) groups is 1. The van der Waals surface area contributed by atoms with Gasteiger partial charge in [0.2, 0.25) is 5.91 Å². The molecule has 0 aliphatic heterocycles. The van der Waals surface area contributed by atoms with Gasteiger partial charge in [-0.25, -0.2) is 4.98 Å². The number of carbonyl (C=O) groups excluding carboxylic acids is 1. The lowest BCUT2D eigenvalue weighted by Crippen LogP contribution is -2.21. The van der Waals surface area contributed by atoms with E-state index in [0.29, 0.717) is 10.2 Å². The van der Waals surface area contributed by atoms with Crippen molar-refractivity contribution in [2.24, 2.45) is 0 Å². The Morgan fingerprint density at radius 1 is 1.53 bits per heavy atom. The average Bonchev–Trinajstić information content (AvgIpc) is 2.49. The van der Waals surface area contributed by atoms with E-state index in [4.69, 9.17) is 11.6 Å². The van der Waals surface area contributed by atoms with Crippen LogP contribution in [-0.4, -0.2) is 24.0 Å². The fourth-order valence-electron chi connectivity index (χ4n) is 1.16. The Morgan fingerprint density at radius 3 is 2.60 bits per heavy atom. The van der Waals surface area contributed by atoms with Gasteiger partial charge in [0.05, 0.1) is 0 Å². The molecule has 0 spiro atoms. The van der Waals surface area contributed by atoms with Crippen LogP contribution < -0.4 is 10.2 Å². The molecule has 0 fully saturated rings. The first-order valence-corrected chi connectivity index (χ1v) is 5.96. The van der Waals surface area contributed by atoms with Crippen LogP contribution in [0.3, 0.4) is 0 Å². The Labute approximate surface area is 98.3 Å². The van der Waals surface area contributed by atoms with Crippen molar-refractivity contribution in [2.75, 3.05) is 23.3 Å². The number of thiazole rings is 1. The highest BCUT2D eigenvalue weighted by molar-refractivity contribution is 7.20. The molecule has 1 N–H and O–H groups in total. The van der Waals surface area contributed by atoms with Crippen LogP contribution in [0.4, 0.5) is 10.9 Å². The predicted octanol–water partition coefficient (Wildman–Crippen LogP) is 2.60. The Kier molecular flexibility index (Phi) is 4.35. The summed E-state index contributed by atoms with van der Waals surface area (Å²) < 4.78 is 0.520. The first-order chi connectivity index (χ1) is 7.08. The van der Waals surface area contributed by atoms with Crippen molar-refractivity contribution >= 4 is 39.8 Å². The minimum Gasteiger partial charge on any atom is -0.349 e. The molecule has 1 heterocycles. The largest absolute Gasteiger partial charge is 0.349 e. The van der Waals surface area contributed by atoms with Crippen molar-refractivity contribution in [3.8, 4) is 0 Å². The molecule has 0 saturated heterocycles. The van der Waals surface area contributed by atoms with Gasteiger partial charge in [-0.05, 0) is 13.8 Å². The van der Waals surface area contributed by atoms with E-state index in [1.807, 2.05) is 0 Å². The zero-order valence-electron chi connectivity index (χ0n) is 9.00. The zero-order valence-corrected chi connectivity index (χ0v) is 10.6. The molecule has 84 valence electrons. The fourth-order valence-corrected chi connectivity index (χ4v) is 2.34. The third-order valence-electron chi connectivity index (χ3n) is 1.90. The van der Waals surface area contributed by atoms with E-state index in [-0.39, 0.29) is 5.91 Å². The molecule has 0 aromatic carbocycles. The van der Waals surface area contributed by atoms with Crippen LogP contribution in [0.25, 0.3) is 0 Å². The minimum absolute atomic E-state index is 0.159. The molecule has 0 atom stereocenters. The third kappa shape index (κ3) is 3.07. The molecule has 4 nitrogen and oxygen atoms in total. The number of nitrogens with one attached hydrogen (secondary N) is 1. The summed E-state index contributed by atoms with van der Waals surface area (Å²) >= 11 is 7.34. The number of nitrogens with zero attached hydrogens (tertiary/aromatic N) is 2. The van der Waals surface area contributed by atoms with Gasteiger partial charge in [0.1, 0.15) is 4.34 Å². The molecular formula is C9H14ClN3OS. The molecule has 0 saturated carbocycles. The lowest BCUT2D eigenvalue weighted by Gasteiger charge is -2.16. The van der Waals surface area contributed by atoms with Gasteiger partial charge in [-0.2, -0.15) is 0 Å². The number of amides is 1. The standard InChI is InChI=1S/C9H14ClN3OS/c1-4-13(5-2)9-12-8(7(10)15-9)11-6(3)14/h4-5H2,1-3H3,(H,11,14). The average molecular weight is 248 g/mol. The third-order valence-corrected chi connectivity index (χ3v) is 3.22. The highest BCUT2D eigenvalue weighted by Crippen LogP contribution is 2.33. The summed E-state index contributed by atoms with van der Waals surface area (Å²) in [6.45, 7) is 7.29. The van der Waals surface area contributed by atoms with Crippen LogP contribution in [0.5, 0.6) is 0 Å². The first kappa shape index (κ1) is 12.3. The molecule has 1 amide bonds. The Bertz CT molecular complexity index is 349. The number of hydrogen-bond acceptors (Lipinski definition) is 4. The van der Waals surface area contributed by atoms with Crippen LogP contribution >= 0.6 is 22.9 Å². The summed E-state index contributed by atoms with van der Waals surface area (Å²) in [7, 11) is 0. The van der Waals surface area contributed by atoms with Crippen molar-refractivity contribution in [3.05, 3.63) is 4.34 Å². The van der Waals surface area contributed by atoms with Gasteiger partial charge in [-0.3, -0.25) is 4.79 Å². The summed E-state index contributed by atoms with van der Waals surface area (Å²) in [5.74, 6) is 0.296. The molecule has 1 aromatic heterocycles. The maximum Gasteiger partial charge on any atom is 0.222 e. The molecule has 0 radical (unpaired) electrons. The van der Waals surface area contributed by atoms with Crippen LogP contribution in [0.1, 0.15) is 20.8 Å². The minimum atomic E-state index is -0.159. The molecule has 0 unspecified atom stereocenters. The topological polar surface area (TPSA) is 45.2 Å². The summed E-state index contributed by atoms with van der Waals surface area (Å²) in [4.78, 5) is 17.2. The predicted molar refractivity (Wildman–Crippen MR) is 65.0 cm³/mol. The molecule has 0 bridgehead atoms. The number of anilines is 2. The second kappa shape index (κ2) is 5.32. The van der Waals surface area contributed by atoms with Gasteiger partial charge in [0.25, 0.3) is 0 Å². The second-order valence-electron chi connectivity index (χ2n) is 2.97.